The second-order valence-electron chi connectivity index (χ2n) is 5.05. The third-order valence-corrected chi connectivity index (χ3v) is 4.02. The molecule has 0 atom stereocenters. The Bertz CT molecular complexity index is 808. The molecule has 0 aliphatic rings. The van der Waals surface area contributed by atoms with Crippen LogP contribution in [0.2, 0.25) is 0 Å². The van der Waals surface area contributed by atoms with Crippen LogP contribution < -0.4 is 16.0 Å². The molecular weight excluding hydrogens is 352 g/mol. The van der Waals surface area contributed by atoms with E-state index in [4.69, 9.17) is 0 Å². The van der Waals surface area contributed by atoms with E-state index in [0.717, 1.165) is 17.0 Å². The summed E-state index contributed by atoms with van der Waals surface area (Å²) >= 11 is 1.30. The number of carbonyl (C=O) groups is 3. The maximum Gasteiger partial charge on any atom is 0.261 e. The van der Waals surface area contributed by atoms with E-state index in [1.807, 2.05) is 6.92 Å². The van der Waals surface area contributed by atoms with Gasteiger partial charge in [-0.15, -0.1) is 11.3 Å². The number of carbonyl (C=O) groups excluding carboxylic acids is 3. The van der Waals surface area contributed by atoms with Crippen LogP contribution in [0.1, 0.15) is 14.5 Å². The van der Waals surface area contributed by atoms with Crippen molar-refractivity contribution in [3.8, 4) is 0 Å². The lowest BCUT2D eigenvalue weighted by molar-refractivity contribution is -0.123. The zero-order valence-corrected chi connectivity index (χ0v) is 14.0. The van der Waals surface area contributed by atoms with Gasteiger partial charge in [-0.25, -0.2) is 8.78 Å². The minimum atomic E-state index is -1.09. The molecule has 0 aliphatic carbocycles. The standard InChI is InChI=1S/C16H15F2N3O3S/c1-9-2-5-13(25-9)16(24)20-7-14(22)19-8-15(23)21-10-3-4-11(17)12(18)6-10/h2-6H,7-8H2,1H3,(H,19,22)(H,20,24)(H,21,23). The highest BCUT2D eigenvalue weighted by Crippen LogP contribution is 2.14. The molecule has 0 spiro atoms. The van der Waals surface area contributed by atoms with Crippen molar-refractivity contribution in [1.29, 1.82) is 0 Å². The summed E-state index contributed by atoms with van der Waals surface area (Å²) in [6.07, 6.45) is 0. The molecule has 0 unspecified atom stereocenters. The third-order valence-electron chi connectivity index (χ3n) is 3.02. The number of anilines is 1. The van der Waals surface area contributed by atoms with E-state index in [1.54, 1.807) is 12.1 Å². The molecule has 0 saturated carbocycles. The van der Waals surface area contributed by atoms with Gasteiger partial charge in [0.25, 0.3) is 5.91 Å². The maximum atomic E-state index is 13.0. The van der Waals surface area contributed by atoms with Gasteiger partial charge in [-0.1, -0.05) is 0 Å². The fourth-order valence-corrected chi connectivity index (χ4v) is 2.61. The van der Waals surface area contributed by atoms with Gasteiger partial charge in [-0.05, 0) is 31.2 Å². The highest BCUT2D eigenvalue weighted by Gasteiger charge is 2.11. The maximum absolute atomic E-state index is 13.0. The van der Waals surface area contributed by atoms with Gasteiger partial charge in [0.1, 0.15) is 0 Å². The number of halogens is 2. The van der Waals surface area contributed by atoms with Crippen LogP contribution in [0.25, 0.3) is 0 Å². The lowest BCUT2D eigenvalue weighted by Crippen LogP contribution is -2.40. The first-order valence-corrected chi connectivity index (χ1v) is 8.03. The molecule has 6 nitrogen and oxygen atoms in total. The Labute approximate surface area is 146 Å². The number of nitrogens with one attached hydrogen (secondary N) is 3. The Kier molecular flexibility index (Phi) is 6.18. The minimum Gasteiger partial charge on any atom is -0.345 e. The smallest absolute Gasteiger partial charge is 0.261 e. The third kappa shape index (κ3) is 5.64. The van der Waals surface area contributed by atoms with E-state index in [9.17, 15) is 23.2 Å². The monoisotopic (exact) mass is 367 g/mol. The molecule has 132 valence electrons. The highest BCUT2D eigenvalue weighted by atomic mass is 32.1. The van der Waals surface area contributed by atoms with E-state index in [1.165, 1.54) is 17.4 Å². The highest BCUT2D eigenvalue weighted by molar-refractivity contribution is 7.13. The van der Waals surface area contributed by atoms with E-state index < -0.39 is 23.4 Å². The van der Waals surface area contributed by atoms with Crippen LogP contribution in [0.5, 0.6) is 0 Å². The average molecular weight is 367 g/mol. The first-order chi connectivity index (χ1) is 11.8. The number of aryl methyl sites for hydroxylation is 1. The molecule has 2 aromatic rings. The van der Waals surface area contributed by atoms with Gasteiger partial charge in [0.2, 0.25) is 11.8 Å². The average Bonchev–Trinajstić information content (AvgIpc) is 3.00. The molecule has 0 radical (unpaired) electrons. The van der Waals surface area contributed by atoms with Crippen molar-refractivity contribution in [2.24, 2.45) is 0 Å². The number of hydrogen-bond acceptors (Lipinski definition) is 4. The van der Waals surface area contributed by atoms with Gasteiger partial charge in [0.05, 0.1) is 18.0 Å². The van der Waals surface area contributed by atoms with Crippen LogP contribution >= 0.6 is 11.3 Å². The summed E-state index contributed by atoms with van der Waals surface area (Å²) in [5.41, 5.74) is 0.0690. The summed E-state index contributed by atoms with van der Waals surface area (Å²) in [7, 11) is 0. The summed E-state index contributed by atoms with van der Waals surface area (Å²) in [6, 6.07) is 6.36. The summed E-state index contributed by atoms with van der Waals surface area (Å²) in [6.45, 7) is 1.21. The van der Waals surface area contributed by atoms with Crippen LogP contribution in [0.4, 0.5) is 14.5 Å². The summed E-state index contributed by atoms with van der Waals surface area (Å²) in [5, 5.41) is 7.06. The van der Waals surface area contributed by atoms with Gasteiger partial charge in [0, 0.05) is 16.6 Å². The number of rotatable bonds is 6. The van der Waals surface area contributed by atoms with Gasteiger partial charge < -0.3 is 16.0 Å². The van der Waals surface area contributed by atoms with Crippen molar-refractivity contribution < 1.29 is 23.2 Å². The molecule has 0 aliphatic heterocycles. The SMILES string of the molecule is Cc1ccc(C(=O)NCC(=O)NCC(=O)Nc2ccc(F)c(F)c2)s1. The second-order valence-corrected chi connectivity index (χ2v) is 6.33. The van der Waals surface area contributed by atoms with Gasteiger partial charge in [-0.2, -0.15) is 0 Å². The number of hydrogen-bond donors (Lipinski definition) is 3. The van der Waals surface area contributed by atoms with E-state index in [2.05, 4.69) is 16.0 Å². The summed E-state index contributed by atoms with van der Waals surface area (Å²) in [5.74, 6) is -3.66. The predicted octanol–water partition coefficient (Wildman–Crippen LogP) is 1.82. The lowest BCUT2D eigenvalue weighted by Gasteiger charge is -2.08. The van der Waals surface area contributed by atoms with Gasteiger partial charge in [0.15, 0.2) is 11.6 Å². The van der Waals surface area contributed by atoms with Crippen molar-refractivity contribution in [2.45, 2.75) is 6.92 Å². The Balaban J connectivity index is 1.72. The molecule has 1 aromatic carbocycles. The molecule has 0 saturated heterocycles. The van der Waals surface area contributed by atoms with E-state index in [0.29, 0.717) is 4.88 Å². The summed E-state index contributed by atoms with van der Waals surface area (Å²) in [4.78, 5) is 36.5. The number of thiophene rings is 1. The van der Waals surface area contributed by atoms with Crippen LogP contribution in [0.15, 0.2) is 30.3 Å². The van der Waals surface area contributed by atoms with Crippen LogP contribution in [0.3, 0.4) is 0 Å². The first-order valence-electron chi connectivity index (χ1n) is 7.21. The largest absolute Gasteiger partial charge is 0.345 e. The molecule has 0 fully saturated rings. The molecule has 3 amide bonds. The Morgan fingerprint density at radius 2 is 1.68 bits per heavy atom. The topological polar surface area (TPSA) is 87.3 Å². The molecule has 0 bridgehead atoms. The lowest BCUT2D eigenvalue weighted by atomic mass is 10.3. The van der Waals surface area contributed by atoms with Crippen molar-refractivity contribution >= 4 is 34.7 Å². The van der Waals surface area contributed by atoms with Crippen LogP contribution in [-0.2, 0) is 9.59 Å². The molecule has 1 heterocycles. The zero-order valence-electron chi connectivity index (χ0n) is 13.2. The van der Waals surface area contributed by atoms with Crippen molar-refractivity contribution in [1.82, 2.24) is 10.6 Å². The second kappa shape index (κ2) is 8.34. The van der Waals surface area contributed by atoms with E-state index in [-0.39, 0.29) is 24.7 Å². The number of amides is 3. The van der Waals surface area contributed by atoms with Crippen molar-refractivity contribution in [3.63, 3.8) is 0 Å². The molecule has 1 aromatic heterocycles. The Hall–Kier alpha value is -2.81. The van der Waals surface area contributed by atoms with Gasteiger partial charge >= 0.3 is 0 Å². The molecular formula is C16H15F2N3O3S. The Morgan fingerprint density at radius 3 is 2.32 bits per heavy atom. The Morgan fingerprint density at radius 1 is 0.960 bits per heavy atom. The van der Waals surface area contributed by atoms with E-state index >= 15 is 0 Å². The molecule has 2 rings (SSSR count). The zero-order chi connectivity index (χ0) is 18.4. The van der Waals surface area contributed by atoms with Crippen LogP contribution in [0, 0.1) is 18.6 Å². The fraction of sp³-hybridized carbons (Fsp3) is 0.188. The molecule has 25 heavy (non-hydrogen) atoms. The van der Waals surface area contributed by atoms with Crippen molar-refractivity contribution in [3.05, 3.63) is 51.7 Å². The summed E-state index contributed by atoms with van der Waals surface area (Å²) < 4.78 is 25.8. The fourth-order valence-electron chi connectivity index (χ4n) is 1.82. The normalized spacial score (nSPS) is 10.2. The quantitative estimate of drug-likeness (QED) is 0.728. The predicted molar refractivity (Wildman–Crippen MR) is 89.4 cm³/mol. The molecule has 9 heteroatoms. The first kappa shape index (κ1) is 18.5. The number of benzene rings is 1. The molecule has 3 N–H and O–H groups in total. The van der Waals surface area contributed by atoms with Crippen molar-refractivity contribution in [2.75, 3.05) is 18.4 Å². The minimum absolute atomic E-state index is 0.0690. The van der Waals surface area contributed by atoms with Crippen LogP contribution in [-0.4, -0.2) is 30.8 Å². The van der Waals surface area contributed by atoms with Gasteiger partial charge in [-0.3, -0.25) is 14.4 Å².